The van der Waals surface area contributed by atoms with E-state index in [0.29, 0.717) is 47.7 Å². The molecule has 0 radical (unpaired) electrons. The summed E-state index contributed by atoms with van der Waals surface area (Å²) < 4.78 is 25.6. The van der Waals surface area contributed by atoms with E-state index >= 15 is 0 Å². The van der Waals surface area contributed by atoms with Gasteiger partial charge in [-0.2, -0.15) is 5.10 Å². The molecule has 5 rings (SSSR count). The number of carbonyl (C=O) groups excluding carboxylic acids is 1. The Kier molecular flexibility index (Phi) is 7.52. The summed E-state index contributed by atoms with van der Waals surface area (Å²) >= 11 is 0. The van der Waals surface area contributed by atoms with Gasteiger partial charge in [-0.05, 0) is 75.9 Å². The molecule has 0 unspecified atom stereocenters. The van der Waals surface area contributed by atoms with Crippen molar-refractivity contribution < 1.29 is 23.8 Å². The Hall–Kier alpha value is -3.98. The van der Waals surface area contributed by atoms with Gasteiger partial charge in [0.25, 0.3) is 5.91 Å². The maximum absolute atomic E-state index is 14.5. The maximum Gasteiger partial charge on any atom is 0.251 e. The summed E-state index contributed by atoms with van der Waals surface area (Å²) in [4.78, 5) is 17.6. The van der Waals surface area contributed by atoms with Gasteiger partial charge in [-0.3, -0.25) is 9.89 Å². The smallest absolute Gasteiger partial charge is 0.251 e. The van der Waals surface area contributed by atoms with Gasteiger partial charge in [0.05, 0.1) is 24.3 Å². The second kappa shape index (κ2) is 11.0. The molecule has 2 atom stereocenters. The number of hydrogen-bond donors (Lipinski definition) is 3. The molecule has 3 N–H and O–H groups in total. The van der Waals surface area contributed by atoms with Gasteiger partial charge in [0.1, 0.15) is 17.3 Å². The number of amides is 1. The summed E-state index contributed by atoms with van der Waals surface area (Å²) in [7, 11) is 1.49. The fourth-order valence-electron chi connectivity index (χ4n) is 5.36. The van der Waals surface area contributed by atoms with Crippen LogP contribution < -0.4 is 14.8 Å². The highest BCUT2D eigenvalue weighted by Crippen LogP contribution is 2.35. The number of fused-ring (bicyclic) bond motifs is 1. The van der Waals surface area contributed by atoms with Crippen LogP contribution in [0.5, 0.6) is 11.6 Å². The van der Waals surface area contributed by atoms with Crippen molar-refractivity contribution in [3.05, 3.63) is 71.7 Å². The number of methoxy groups -OCH3 is 1. The van der Waals surface area contributed by atoms with E-state index in [0.717, 1.165) is 22.9 Å². The minimum atomic E-state index is -1.15. The molecule has 1 aliphatic carbocycles. The first-order valence-corrected chi connectivity index (χ1v) is 13.2. The van der Waals surface area contributed by atoms with Crippen LogP contribution >= 0.6 is 0 Å². The van der Waals surface area contributed by atoms with Gasteiger partial charge in [-0.25, -0.2) is 9.37 Å². The zero-order chi connectivity index (χ0) is 27.6. The van der Waals surface area contributed by atoms with E-state index in [1.807, 2.05) is 38.1 Å². The number of ether oxygens (including phenoxy) is 2. The monoisotopic (exact) mass is 532 g/mol. The number of aromatic amines is 1. The number of rotatable bonds is 8. The van der Waals surface area contributed by atoms with Crippen LogP contribution in [-0.4, -0.2) is 51.1 Å². The molecule has 204 valence electrons. The summed E-state index contributed by atoms with van der Waals surface area (Å²) in [5, 5.41) is 22.8. The summed E-state index contributed by atoms with van der Waals surface area (Å²) in [6, 6.07) is 13.5. The molecule has 1 fully saturated rings. The summed E-state index contributed by atoms with van der Waals surface area (Å²) in [5.74, 6) is 0.275. The molecule has 0 aliphatic heterocycles. The number of halogens is 1. The van der Waals surface area contributed by atoms with Crippen LogP contribution in [0.15, 0.2) is 54.7 Å². The second-order valence-corrected chi connectivity index (χ2v) is 10.5. The Morgan fingerprint density at radius 1 is 1.26 bits per heavy atom. The topological polar surface area (TPSA) is 109 Å². The number of pyridine rings is 1. The summed E-state index contributed by atoms with van der Waals surface area (Å²) in [5.41, 5.74) is 2.01. The van der Waals surface area contributed by atoms with E-state index in [2.05, 4.69) is 20.5 Å². The lowest BCUT2D eigenvalue weighted by atomic mass is 9.77. The Labute approximate surface area is 226 Å². The highest BCUT2D eigenvalue weighted by molar-refractivity contribution is 6.01. The lowest BCUT2D eigenvalue weighted by Crippen LogP contribution is -2.47. The molecular weight excluding hydrogens is 499 g/mol. The van der Waals surface area contributed by atoms with Gasteiger partial charge in [0, 0.05) is 46.8 Å². The molecule has 0 spiro atoms. The number of nitrogens with zero attached hydrogens (tertiary/aromatic N) is 2. The molecule has 8 nitrogen and oxygen atoms in total. The van der Waals surface area contributed by atoms with E-state index in [9.17, 15) is 14.3 Å². The second-order valence-electron chi connectivity index (χ2n) is 10.5. The molecule has 1 aliphatic rings. The van der Waals surface area contributed by atoms with Crippen molar-refractivity contribution in [3.8, 4) is 22.9 Å². The minimum Gasteiger partial charge on any atom is -0.496 e. The Balaban J connectivity index is 1.33. The largest absolute Gasteiger partial charge is 0.496 e. The first-order chi connectivity index (χ1) is 18.7. The molecule has 2 aromatic heterocycles. The molecule has 0 bridgehead atoms. The third kappa shape index (κ3) is 5.88. The van der Waals surface area contributed by atoms with Crippen molar-refractivity contribution in [1.29, 1.82) is 0 Å². The average molecular weight is 533 g/mol. The molecule has 1 saturated carbocycles. The van der Waals surface area contributed by atoms with Gasteiger partial charge in [-0.1, -0.05) is 6.07 Å². The minimum absolute atomic E-state index is 0.00911. The fourth-order valence-corrected chi connectivity index (χ4v) is 5.36. The quantitative estimate of drug-likeness (QED) is 0.288. The Morgan fingerprint density at radius 2 is 2.10 bits per heavy atom. The molecule has 0 saturated heterocycles. The van der Waals surface area contributed by atoms with Crippen LogP contribution in [0, 0.1) is 5.82 Å². The van der Waals surface area contributed by atoms with E-state index in [4.69, 9.17) is 9.47 Å². The third-order valence-corrected chi connectivity index (χ3v) is 7.15. The van der Waals surface area contributed by atoms with Crippen LogP contribution in [0.25, 0.3) is 22.2 Å². The van der Waals surface area contributed by atoms with Gasteiger partial charge < -0.3 is 19.9 Å². The van der Waals surface area contributed by atoms with E-state index < -0.39 is 11.4 Å². The van der Waals surface area contributed by atoms with E-state index in [-0.39, 0.29) is 24.5 Å². The van der Waals surface area contributed by atoms with E-state index in [1.54, 1.807) is 24.4 Å². The lowest BCUT2D eigenvalue weighted by Gasteiger charge is -2.37. The lowest BCUT2D eigenvalue weighted by molar-refractivity contribution is -0.00729. The number of nitrogens with one attached hydrogen (secondary N) is 2. The van der Waals surface area contributed by atoms with Gasteiger partial charge in [0.15, 0.2) is 0 Å². The zero-order valence-electron chi connectivity index (χ0n) is 22.3. The van der Waals surface area contributed by atoms with Crippen LogP contribution in [-0.2, 0) is 6.42 Å². The first-order valence-electron chi connectivity index (χ1n) is 13.2. The normalized spacial score (nSPS) is 19.3. The van der Waals surface area contributed by atoms with Gasteiger partial charge in [-0.15, -0.1) is 0 Å². The number of aromatic nitrogens is 3. The fraction of sp³-hybridized carbons (Fsp3) is 0.367. The molecule has 4 aromatic rings. The van der Waals surface area contributed by atoms with Crippen molar-refractivity contribution in [2.24, 2.45) is 0 Å². The highest BCUT2D eigenvalue weighted by atomic mass is 19.1. The zero-order valence-corrected chi connectivity index (χ0v) is 22.3. The summed E-state index contributed by atoms with van der Waals surface area (Å²) in [6.45, 7) is 3.88. The predicted molar refractivity (Wildman–Crippen MR) is 146 cm³/mol. The average Bonchev–Trinajstić information content (AvgIpc) is 3.33. The van der Waals surface area contributed by atoms with Crippen molar-refractivity contribution in [2.75, 3.05) is 7.11 Å². The Bertz CT molecular complexity index is 1490. The van der Waals surface area contributed by atoms with Gasteiger partial charge >= 0.3 is 0 Å². The maximum atomic E-state index is 14.5. The first kappa shape index (κ1) is 26.6. The van der Waals surface area contributed by atoms with Gasteiger partial charge in [0.2, 0.25) is 5.88 Å². The van der Waals surface area contributed by atoms with E-state index in [1.165, 1.54) is 13.2 Å². The highest BCUT2D eigenvalue weighted by Gasteiger charge is 2.36. The van der Waals surface area contributed by atoms with Crippen molar-refractivity contribution >= 4 is 16.8 Å². The molecule has 2 aromatic carbocycles. The number of benzene rings is 2. The standard InChI is InChI=1S/C30H33FN4O4/c1-18(2)39-27-15-19(11-13-32-27)28-22-14-20(9-10-25(22)34-35-28)29(36)33-21-6-5-12-30(37,16-21)17-23-24(31)7-4-8-26(23)38-3/h4,7-11,13-15,18,21,37H,5-6,12,16-17H2,1-3H3,(H,33,36)(H,34,35)/t21-,30-/m1/s1. The van der Waals surface area contributed by atoms with Crippen molar-refractivity contribution in [1.82, 2.24) is 20.5 Å². The Morgan fingerprint density at radius 3 is 2.90 bits per heavy atom. The molecule has 9 heteroatoms. The number of H-pyrrole nitrogens is 1. The van der Waals surface area contributed by atoms with Crippen molar-refractivity contribution in [3.63, 3.8) is 0 Å². The molecule has 1 amide bonds. The predicted octanol–water partition coefficient (Wildman–Crippen LogP) is 5.21. The van der Waals surface area contributed by atoms with Crippen LogP contribution in [0.1, 0.15) is 55.5 Å². The molecule has 2 heterocycles. The van der Waals surface area contributed by atoms with Crippen LogP contribution in [0.2, 0.25) is 0 Å². The number of hydrogen-bond acceptors (Lipinski definition) is 6. The van der Waals surface area contributed by atoms with Crippen LogP contribution in [0.4, 0.5) is 4.39 Å². The summed E-state index contributed by atoms with van der Waals surface area (Å²) in [6.07, 6.45) is 4.08. The van der Waals surface area contributed by atoms with Crippen molar-refractivity contribution in [2.45, 2.75) is 63.7 Å². The number of aliphatic hydroxyl groups is 1. The van der Waals surface area contributed by atoms with Crippen LogP contribution in [0.3, 0.4) is 0 Å². The molecular formula is C30H33FN4O4. The molecule has 39 heavy (non-hydrogen) atoms. The third-order valence-electron chi connectivity index (χ3n) is 7.15. The number of carbonyl (C=O) groups is 1. The SMILES string of the molecule is COc1cccc(F)c1C[C@@]1(O)CCC[C@@H](NC(=O)c2ccc3[nH]nc(-c4ccnc(OC(C)C)c4)c3c2)C1.